The molecule has 1 rings (SSSR count). The van der Waals surface area contributed by atoms with Gasteiger partial charge < -0.3 is 9.80 Å². The van der Waals surface area contributed by atoms with Gasteiger partial charge in [0.15, 0.2) is 0 Å². The molecule has 2 nitrogen and oxygen atoms in total. The zero-order valence-electron chi connectivity index (χ0n) is 11.4. The highest BCUT2D eigenvalue weighted by Gasteiger charge is 2.23. The van der Waals surface area contributed by atoms with Crippen molar-refractivity contribution >= 4 is 12.6 Å². The highest BCUT2D eigenvalue weighted by atomic mass is 32.1. The summed E-state index contributed by atoms with van der Waals surface area (Å²) in [5, 5.41) is 0. The van der Waals surface area contributed by atoms with Crippen molar-refractivity contribution in [3.8, 4) is 0 Å². The first-order chi connectivity index (χ1) is 7.43. The average molecular weight is 244 g/mol. The van der Waals surface area contributed by atoms with Crippen molar-refractivity contribution < 1.29 is 0 Å². The van der Waals surface area contributed by atoms with E-state index in [2.05, 4.69) is 50.1 Å². The Morgan fingerprint density at radius 1 is 1.06 bits per heavy atom. The van der Waals surface area contributed by atoms with Crippen molar-refractivity contribution in [2.75, 3.05) is 45.0 Å². The molecule has 16 heavy (non-hydrogen) atoms. The van der Waals surface area contributed by atoms with Crippen LogP contribution in [0.1, 0.15) is 27.7 Å². The lowest BCUT2D eigenvalue weighted by atomic mass is 9.95. The summed E-state index contributed by atoms with van der Waals surface area (Å²) in [5.74, 6) is 1.76. The maximum absolute atomic E-state index is 4.43. The summed E-state index contributed by atoms with van der Waals surface area (Å²) in [5.41, 5.74) is 0.351. The molecular weight excluding hydrogens is 216 g/mol. The second-order valence-corrected chi connectivity index (χ2v) is 6.61. The lowest BCUT2D eigenvalue weighted by Crippen LogP contribution is -2.50. The van der Waals surface area contributed by atoms with Gasteiger partial charge in [-0.25, -0.2) is 0 Å². The van der Waals surface area contributed by atoms with Crippen LogP contribution in [0.2, 0.25) is 0 Å². The van der Waals surface area contributed by atoms with Crippen LogP contribution in [0.15, 0.2) is 0 Å². The minimum absolute atomic E-state index is 0.351. The van der Waals surface area contributed by atoms with E-state index >= 15 is 0 Å². The van der Waals surface area contributed by atoms with Gasteiger partial charge in [0.05, 0.1) is 0 Å². The van der Waals surface area contributed by atoms with E-state index in [1.165, 1.54) is 39.3 Å². The summed E-state index contributed by atoms with van der Waals surface area (Å²) >= 11 is 4.43. The van der Waals surface area contributed by atoms with Gasteiger partial charge in [0.25, 0.3) is 0 Å². The molecule has 1 fully saturated rings. The second kappa shape index (κ2) is 6.27. The first kappa shape index (κ1) is 14.3. The van der Waals surface area contributed by atoms with Crippen LogP contribution in [0, 0.1) is 11.3 Å². The maximum atomic E-state index is 4.43. The SMILES string of the molecule is CC(C)CN1CCN(CC(C)(C)CS)CC1. The molecule has 1 aliphatic rings. The molecule has 0 aromatic heterocycles. The highest BCUT2D eigenvalue weighted by molar-refractivity contribution is 7.80. The monoisotopic (exact) mass is 244 g/mol. The van der Waals surface area contributed by atoms with Crippen molar-refractivity contribution in [2.24, 2.45) is 11.3 Å². The van der Waals surface area contributed by atoms with Crippen molar-refractivity contribution in [3.63, 3.8) is 0 Å². The van der Waals surface area contributed by atoms with Crippen LogP contribution in [0.4, 0.5) is 0 Å². The number of piperazine rings is 1. The molecule has 0 aromatic rings. The first-order valence-electron chi connectivity index (χ1n) is 6.48. The predicted octanol–water partition coefficient (Wildman–Crippen LogP) is 2.22. The highest BCUT2D eigenvalue weighted by Crippen LogP contribution is 2.19. The summed E-state index contributed by atoms with van der Waals surface area (Å²) in [7, 11) is 0. The third-order valence-corrected chi connectivity index (χ3v) is 4.02. The molecular formula is C13H28N2S. The fraction of sp³-hybridized carbons (Fsp3) is 1.00. The molecule has 1 aliphatic heterocycles. The van der Waals surface area contributed by atoms with Crippen LogP contribution in [-0.4, -0.2) is 54.8 Å². The summed E-state index contributed by atoms with van der Waals surface area (Å²) in [6, 6.07) is 0. The molecule has 0 radical (unpaired) electrons. The van der Waals surface area contributed by atoms with Crippen LogP contribution in [0.5, 0.6) is 0 Å². The Kier molecular flexibility index (Phi) is 5.62. The van der Waals surface area contributed by atoms with Crippen LogP contribution in [-0.2, 0) is 0 Å². The van der Waals surface area contributed by atoms with Crippen LogP contribution < -0.4 is 0 Å². The lowest BCUT2D eigenvalue weighted by molar-refractivity contribution is 0.0967. The molecule has 0 bridgehead atoms. The molecule has 0 spiro atoms. The zero-order valence-corrected chi connectivity index (χ0v) is 12.3. The van der Waals surface area contributed by atoms with E-state index < -0.39 is 0 Å². The average Bonchev–Trinajstić information content (AvgIpc) is 2.20. The first-order valence-corrected chi connectivity index (χ1v) is 7.12. The Labute approximate surface area is 107 Å². The van der Waals surface area contributed by atoms with Gasteiger partial charge in [0.2, 0.25) is 0 Å². The number of thiol groups is 1. The molecule has 0 N–H and O–H groups in total. The summed E-state index contributed by atoms with van der Waals surface area (Å²) in [4.78, 5) is 5.18. The molecule has 96 valence electrons. The van der Waals surface area contributed by atoms with Crippen LogP contribution >= 0.6 is 12.6 Å². The predicted molar refractivity (Wildman–Crippen MR) is 75.4 cm³/mol. The molecule has 1 saturated heterocycles. The van der Waals surface area contributed by atoms with E-state index in [0.29, 0.717) is 5.41 Å². The van der Waals surface area contributed by atoms with E-state index in [-0.39, 0.29) is 0 Å². The minimum Gasteiger partial charge on any atom is -0.301 e. The van der Waals surface area contributed by atoms with E-state index in [1.54, 1.807) is 0 Å². The van der Waals surface area contributed by atoms with Crippen molar-refractivity contribution in [2.45, 2.75) is 27.7 Å². The van der Waals surface area contributed by atoms with E-state index in [1.807, 2.05) is 0 Å². The third kappa shape index (κ3) is 5.07. The zero-order chi connectivity index (χ0) is 12.2. The summed E-state index contributed by atoms with van der Waals surface area (Å²) in [6.07, 6.45) is 0. The molecule has 0 atom stereocenters. The second-order valence-electron chi connectivity index (χ2n) is 6.29. The molecule has 3 heteroatoms. The number of nitrogens with zero attached hydrogens (tertiary/aromatic N) is 2. The minimum atomic E-state index is 0.351. The Morgan fingerprint density at radius 3 is 2.00 bits per heavy atom. The van der Waals surface area contributed by atoms with E-state index in [4.69, 9.17) is 0 Å². The maximum Gasteiger partial charge on any atom is 0.0110 e. The van der Waals surface area contributed by atoms with Crippen molar-refractivity contribution in [1.29, 1.82) is 0 Å². The molecule has 0 saturated carbocycles. The smallest absolute Gasteiger partial charge is 0.0110 e. The molecule has 0 unspecified atom stereocenters. The van der Waals surface area contributed by atoms with Crippen LogP contribution in [0.3, 0.4) is 0 Å². The third-order valence-electron chi connectivity index (χ3n) is 3.17. The van der Waals surface area contributed by atoms with Gasteiger partial charge in [0.1, 0.15) is 0 Å². The van der Waals surface area contributed by atoms with Crippen LogP contribution in [0.25, 0.3) is 0 Å². The Hall–Kier alpha value is 0.270. The number of hydrogen-bond acceptors (Lipinski definition) is 3. The van der Waals surface area contributed by atoms with Gasteiger partial charge >= 0.3 is 0 Å². The van der Waals surface area contributed by atoms with E-state index in [9.17, 15) is 0 Å². The van der Waals surface area contributed by atoms with Gasteiger partial charge in [-0.1, -0.05) is 27.7 Å². The number of hydrogen-bond donors (Lipinski definition) is 1. The van der Waals surface area contributed by atoms with Gasteiger partial charge in [-0.05, 0) is 17.1 Å². The summed E-state index contributed by atoms with van der Waals surface area (Å²) < 4.78 is 0. The molecule has 0 aromatic carbocycles. The fourth-order valence-corrected chi connectivity index (χ4v) is 2.40. The fourth-order valence-electron chi connectivity index (χ4n) is 2.30. The van der Waals surface area contributed by atoms with Crippen molar-refractivity contribution in [1.82, 2.24) is 9.80 Å². The van der Waals surface area contributed by atoms with Crippen molar-refractivity contribution in [3.05, 3.63) is 0 Å². The largest absolute Gasteiger partial charge is 0.301 e. The van der Waals surface area contributed by atoms with E-state index in [0.717, 1.165) is 11.7 Å². The molecule has 1 heterocycles. The van der Waals surface area contributed by atoms with Gasteiger partial charge in [-0.2, -0.15) is 12.6 Å². The Bertz CT molecular complexity index is 196. The Morgan fingerprint density at radius 2 is 1.56 bits per heavy atom. The lowest BCUT2D eigenvalue weighted by Gasteiger charge is -2.39. The van der Waals surface area contributed by atoms with Gasteiger partial charge in [-0.3, -0.25) is 0 Å². The standard InChI is InChI=1S/C13H28N2S/c1-12(2)9-14-5-7-15(8-6-14)10-13(3,4)11-16/h12,16H,5-11H2,1-4H3. The number of rotatable bonds is 5. The van der Waals surface area contributed by atoms with Gasteiger partial charge in [-0.15, -0.1) is 0 Å². The Balaban J connectivity index is 2.27. The molecule has 0 aliphatic carbocycles. The van der Waals surface area contributed by atoms with Gasteiger partial charge in [0, 0.05) is 39.3 Å². The summed E-state index contributed by atoms with van der Waals surface area (Å²) in [6.45, 7) is 16.6. The topological polar surface area (TPSA) is 6.48 Å². The quantitative estimate of drug-likeness (QED) is 0.741. The molecule has 0 amide bonds. The normalized spacial score (nSPS) is 20.6.